The first-order valence-electron chi connectivity index (χ1n) is 5.00. The number of rotatable bonds is 1. The second-order valence-electron chi connectivity index (χ2n) is 4.20. The summed E-state index contributed by atoms with van der Waals surface area (Å²) in [6.45, 7) is 0. The van der Waals surface area contributed by atoms with Crippen LogP contribution in [0.25, 0.3) is 0 Å². The van der Waals surface area contributed by atoms with E-state index in [-0.39, 0.29) is 6.10 Å². The van der Waals surface area contributed by atoms with Gasteiger partial charge in [0, 0.05) is 12.9 Å². The van der Waals surface area contributed by atoms with Crippen LogP contribution in [0.5, 0.6) is 0 Å². The third-order valence-electron chi connectivity index (χ3n) is 3.30. The molecule has 14 heavy (non-hydrogen) atoms. The van der Waals surface area contributed by atoms with Crippen molar-refractivity contribution >= 4 is 19.7 Å². The van der Waals surface area contributed by atoms with E-state index in [9.17, 15) is 8.42 Å². The van der Waals surface area contributed by atoms with Crippen LogP contribution >= 0.6 is 10.8 Å². The molecule has 2 aliphatic rings. The predicted molar refractivity (Wildman–Crippen MR) is 57.9 cm³/mol. The summed E-state index contributed by atoms with van der Waals surface area (Å²) in [6.07, 6.45) is 3.44. The Morgan fingerprint density at radius 2 is 2.07 bits per heavy atom. The summed E-state index contributed by atoms with van der Waals surface area (Å²) in [5, 5.41) is 0. The molecule has 2 fully saturated rings. The molecular weight excluding hydrogens is 220 g/mol. The second-order valence-corrected chi connectivity index (χ2v) is 8.45. The van der Waals surface area contributed by atoms with Crippen molar-refractivity contribution in [2.45, 2.75) is 25.4 Å². The summed E-state index contributed by atoms with van der Waals surface area (Å²) in [7, 11) is 0.0419. The van der Waals surface area contributed by atoms with Crippen molar-refractivity contribution in [2.24, 2.45) is 11.8 Å². The van der Waals surface area contributed by atoms with Crippen LogP contribution in [0.3, 0.4) is 0 Å². The van der Waals surface area contributed by atoms with Crippen molar-refractivity contribution in [2.75, 3.05) is 18.6 Å². The molecule has 0 aromatic carbocycles. The molecule has 0 spiro atoms. The molecule has 0 aromatic rings. The summed E-state index contributed by atoms with van der Waals surface area (Å²) < 4.78 is 28.2. The van der Waals surface area contributed by atoms with E-state index in [2.05, 4.69) is 0 Å². The summed E-state index contributed by atoms with van der Waals surface area (Å²) in [5.41, 5.74) is 0. The number of methoxy groups -OCH3 is 1. The molecule has 0 amide bonds. The fourth-order valence-electron chi connectivity index (χ4n) is 2.42. The first kappa shape index (κ1) is 10.8. The lowest BCUT2D eigenvalue weighted by molar-refractivity contribution is 0.0382. The number of hydrogen-bond acceptors (Lipinski definition) is 4. The van der Waals surface area contributed by atoms with E-state index in [1.54, 1.807) is 7.11 Å². The van der Waals surface area contributed by atoms with Gasteiger partial charge < -0.3 is 4.74 Å². The zero-order chi connectivity index (χ0) is 10.2. The summed E-state index contributed by atoms with van der Waals surface area (Å²) in [4.78, 5) is 0. The molecule has 1 heterocycles. The minimum absolute atomic E-state index is 0.287. The van der Waals surface area contributed by atoms with E-state index in [1.165, 1.54) is 0 Å². The molecule has 3 atom stereocenters. The lowest BCUT2D eigenvalue weighted by Crippen LogP contribution is -2.37. The van der Waals surface area contributed by atoms with Gasteiger partial charge in [-0.15, -0.1) is 0 Å². The molecule has 1 saturated heterocycles. The lowest BCUT2D eigenvalue weighted by Gasteiger charge is -2.37. The second kappa shape index (κ2) is 4.02. The normalized spacial score (nSPS) is 41.6. The van der Waals surface area contributed by atoms with Gasteiger partial charge in [-0.1, -0.05) is 0 Å². The summed E-state index contributed by atoms with van der Waals surface area (Å²) in [6, 6.07) is 0. The van der Waals surface area contributed by atoms with E-state index >= 15 is 0 Å². The zero-order valence-corrected chi connectivity index (χ0v) is 9.94. The average Bonchev–Trinajstić information content (AvgIpc) is 2.15. The molecule has 0 bridgehead atoms. The number of ether oxygens (including phenoxy) is 1. The topological polar surface area (TPSA) is 43.4 Å². The molecule has 3 nitrogen and oxygen atoms in total. The van der Waals surface area contributed by atoms with Crippen LogP contribution in [-0.2, 0) is 13.6 Å². The highest BCUT2D eigenvalue weighted by atomic mass is 33.1. The Bertz CT molecular complexity index is 299. The Kier molecular flexibility index (Phi) is 3.09. The molecular formula is C9H16O3S2. The maximum atomic E-state index is 11.4. The van der Waals surface area contributed by atoms with Crippen molar-refractivity contribution in [3.8, 4) is 0 Å². The van der Waals surface area contributed by atoms with E-state index in [0.29, 0.717) is 17.6 Å². The van der Waals surface area contributed by atoms with Gasteiger partial charge in [-0.05, 0) is 41.9 Å². The maximum absolute atomic E-state index is 11.4. The van der Waals surface area contributed by atoms with Gasteiger partial charge in [0.15, 0.2) is 0 Å². The lowest BCUT2D eigenvalue weighted by atomic mass is 9.80. The van der Waals surface area contributed by atoms with E-state index in [0.717, 1.165) is 35.8 Å². The maximum Gasteiger partial charge on any atom is 0.201 e. The standard InChI is InChI=1S/C9H16O3S2/c1-12-9-3-2-7-5-13-14(10,11)6-8(7)4-9/h7-9H,2-6H2,1H3. The van der Waals surface area contributed by atoms with Crippen molar-refractivity contribution in [1.29, 1.82) is 0 Å². The SMILES string of the molecule is COC1CCC2CSS(=O)(=O)CC2C1. The smallest absolute Gasteiger partial charge is 0.201 e. The minimum atomic E-state index is -2.82. The molecule has 2 rings (SSSR count). The van der Waals surface area contributed by atoms with Crippen molar-refractivity contribution < 1.29 is 13.2 Å². The summed E-state index contributed by atoms with van der Waals surface area (Å²) >= 11 is 0. The molecule has 3 unspecified atom stereocenters. The minimum Gasteiger partial charge on any atom is -0.381 e. The molecule has 1 aliphatic carbocycles. The van der Waals surface area contributed by atoms with Gasteiger partial charge in [0.05, 0.1) is 11.9 Å². The molecule has 5 heteroatoms. The van der Waals surface area contributed by atoms with Gasteiger partial charge in [0.2, 0.25) is 8.87 Å². The Labute approximate surface area is 88.9 Å². The van der Waals surface area contributed by atoms with Crippen LogP contribution in [0.1, 0.15) is 19.3 Å². The molecule has 1 saturated carbocycles. The summed E-state index contributed by atoms with van der Waals surface area (Å²) in [5.74, 6) is 2.11. The van der Waals surface area contributed by atoms with Crippen LogP contribution < -0.4 is 0 Å². The number of fused-ring (bicyclic) bond motifs is 1. The Hall–Kier alpha value is 0.260. The first-order valence-corrected chi connectivity index (χ1v) is 8.16. The number of hydrogen-bond donors (Lipinski definition) is 0. The fraction of sp³-hybridized carbons (Fsp3) is 1.00. The monoisotopic (exact) mass is 236 g/mol. The zero-order valence-electron chi connectivity index (χ0n) is 8.31. The molecule has 0 N–H and O–H groups in total. The van der Waals surface area contributed by atoms with Crippen LogP contribution in [0, 0.1) is 11.8 Å². The van der Waals surface area contributed by atoms with Gasteiger partial charge in [0.1, 0.15) is 0 Å². The third-order valence-corrected chi connectivity index (χ3v) is 6.96. The molecule has 0 aromatic heterocycles. The Morgan fingerprint density at radius 1 is 1.29 bits per heavy atom. The predicted octanol–water partition coefficient (Wildman–Crippen LogP) is 1.49. The quantitative estimate of drug-likeness (QED) is 0.647. The highest BCUT2D eigenvalue weighted by molar-refractivity contribution is 8.72. The molecule has 82 valence electrons. The fourth-order valence-corrected chi connectivity index (χ4v) is 6.23. The molecule has 1 aliphatic heterocycles. The van der Waals surface area contributed by atoms with Crippen LogP contribution in [-0.4, -0.2) is 33.1 Å². The van der Waals surface area contributed by atoms with Crippen molar-refractivity contribution in [1.82, 2.24) is 0 Å². The van der Waals surface area contributed by atoms with E-state index < -0.39 is 8.87 Å². The Morgan fingerprint density at radius 3 is 2.79 bits per heavy atom. The van der Waals surface area contributed by atoms with Gasteiger partial charge in [-0.2, -0.15) is 0 Å². The van der Waals surface area contributed by atoms with Crippen molar-refractivity contribution in [3.63, 3.8) is 0 Å². The van der Waals surface area contributed by atoms with Gasteiger partial charge >= 0.3 is 0 Å². The van der Waals surface area contributed by atoms with Gasteiger partial charge in [-0.3, -0.25) is 0 Å². The van der Waals surface area contributed by atoms with Gasteiger partial charge in [0.25, 0.3) is 0 Å². The van der Waals surface area contributed by atoms with Gasteiger partial charge in [-0.25, -0.2) is 8.42 Å². The average molecular weight is 236 g/mol. The van der Waals surface area contributed by atoms with E-state index in [4.69, 9.17) is 4.74 Å². The largest absolute Gasteiger partial charge is 0.381 e. The highest BCUT2D eigenvalue weighted by Crippen LogP contribution is 2.40. The third kappa shape index (κ3) is 2.25. The Balaban J connectivity index is 2.04. The van der Waals surface area contributed by atoms with Crippen LogP contribution in [0.15, 0.2) is 0 Å². The first-order chi connectivity index (χ1) is 6.61. The van der Waals surface area contributed by atoms with Crippen LogP contribution in [0.4, 0.5) is 0 Å². The van der Waals surface area contributed by atoms with Crippen LogP contribution in [0.2, 0.25) is 0 Å². The highest BCUT2D eigenvalue weighted by Gasteiger charge is 2.38. The van der Waals surface area contributed by atoms with E-state index in [1.807, 2.05) is 0 Å². The molecule has 0 radical (unpaired) electrons. The van der Waals surface area contributed by atoms with Crippen molar-refractivity contribution in [3.05, 3.63) is 0 Å².